The van der Waals surface area contributed by atoms with Crippen LogP contribution in [0.25, 0.3) is 0 Å². The number of H-pyrrole nitrogens is 1. The second-order valence-electron chi connectivity index (χ2n) is 3.02. The second kappa shape index (κ2) is 2.57. The lowest BCUT2D eigenvalue weighted by Crippen LogP contribution is -2.32. The van der Waals surface area contributed by atoms with Crippen LogP contribution in [0, 0.1) is 13.8 Å². The van der Waals surface area contributed by atoms with Crippen LogP contribution in [0.3, 0.4) is 0 Å². The lowest BCUT2D eigenvalue weighted by atomic mass is 10.2. The van der Waals surface area contributed by atoms with E-state index in [1.165, 1.54) is 0 Å². The number of rotatable bonds is 1. The minimum absolute atomic E-state index is 0.0799. The Balaban J connectivity index is 2.22. The molecule has 0 aromatic carbocycles. The minimum atomic E-state index is -0.209. The van der Waals surface area contributed by atoms with Crippen LogP contribution in [0.2, 0.25) is 0 Å². The Morgan fingerprint density at radius 3 is 2.42 bits per heavy atom. The van der Waals surface area contributed by atoms with E-state index in [-0.39, 0.29) is 12.6 Å². The highest BCUT2D eigenvalue weighted by molar-refractivity contribution is 5.25. The zero-order valence-corrected chi connectivity index (χ0v) is 7.42. The van der Waals surface area contributed by atoms with E-state index in [2.05, 4.69) is 10.2 Å². The highest BCUT2D eigenvalue weighted by Crippen LogP contribution is 2.33. The summed E-state index contributed by atoms with van der Waals surface area (Å²) in [6, 6.07) is 0. The average molecular weight is 168 g/mol. The molecule has 0 spiro atoms. The first kappa shape index (κ1) is 7.76. The summed E-state index contributed by atoms with van der Waals surface area (Å²) >= 11 is 0. The Hall–Kier alpha value is -0.870. The Morgan fingerprint density at radius 2 is 2.00 bits per heavy atom. The van der Waals surface area contributed by atoms with Gasteiger partial charge in [0.15, 0.2) is 12.6 Å². The van der Waals surface area contributed by atoms with E-state index < -0.39 is 0 Å². The summed E-state index contributed by atoms with van der Waals surface area (Å²) in [6.45, 7) is 5.78. The number of aromatic nitrogens is 2. The first-order valence-corrected chi connectivity index (χ1v) is 4.01. The maximum absolute atomic E-state index is 5.36. The molecule has 0 bridgehead atoms. The van der Waals surface area contributed by atoms with Gasteiger partial charge in [-0.2, -0.15) is 5.10 Å². The molecule has 0 unspecified atom stereocenters. The molecule has 1 aliphatic rings. The predicted octanol–water partition coefficient (Wildman–Crippen LogP) is 1.42. The quantitative estimate of drug-likeness (QED) is 0.689. The van der Waals surface area contributed by atoms with Crippen LogP contribution in [0.15, 0.2) is 0 Å². The van der Waals surface area contributed by atoms with E-state index in [0.29, 0.717) is 0 Å². The Labute approximate surface area is 70.9 Å². The topological polar surface area (TPSA) is 47.1 Å². The van der Waals surface area contributed by atoms with Gasteiger partial charge in [0, 0.05) is 5.69 Å². The number of hydrogen-bond donors (Lipinski definition) is 1. The van der Waals surface area contributed by atoms with Crippen molar-refractivity contribution in [2.24, 2.45) is 0 Å². The van der Waals surface area contributed by atoms with Crippen molar-refractivity contribution in [2.75, 3.05) is 0 Å². The van der Waals surface area contributed by atoms with Crippen LogP contribution >= 0.6 is 0 Å². The van der Waals surface area contributed by atoms with Gasteiger partial charge in [-0.15, -0.1) is 0 Å². The molecule has 1 aliphatic heterocycles. The van der Waals surface area contributed by atoms with Gasteiger partial charge >= 0.3 is 0 Å². The lowest BCUT2D eigenvalue weighted by Gasteiger charge is -2.33. The monoisotopic (exact) mass is 168 g/mol. The normalized spacial score (nSPS) is 28.6. The zero-order valence-electron chi connectivity index (χ0n) is 7.42. The number of aromatic amines is 1. The Bertz CT molecular complexity index is 270. The predicted molar refractivity (Wildman–Crippen MR) is 42.4 cm³/mol. The molecular weight excluding hydrogens is 156 g/mol. The molecule has 2 heterocycles. The fraction of sp³-hybridized carbons (Fsp3) is 0.625. The van der Waals surface area contributed by atoms with Gasteiger partial charge in [0.05, 0.1) is 11.3 Å². The number of ether oxygens (including phenoxy) is 2. The van der Waals surface area contributed by atoms with Gasteiger partial charge in [-0.25, -0.2) is 0 Å². The van der Waals surface area contributed by atoms with E-state index >= 15 is 0 Å². The summed E-state index contributed by atoms with van der Waals surface area (Å²) in [5.41, 5.74) is 3.00. The van der Waals surface area contributed by atoms with Crippen LogP contribution in [0.4, 0.5) is 0 Å². The van der Waals surface area contributed by atoms with E-state index in [0.717, 1.165) is 17.0 Å². The maximum atomic E-state index is 5.36. The van der Waals surface area contributed by atoms with Crippen molar-refractivity contribution in [2.45, 2.75) is 33.4 Å². The van der Waals surface area contributed by atoms with Crippen molar-refractivity contribution in [3.8, 4) is 0 Å². The molecule has 2 rings (SSSR count). The van der Waals surface area contributed by atoms with Crippen molar-refractivity contribution < 1.29 is 9.47 Å². The highest BCUT2D eigenvalue weighted by Gasteiger charge is 2.32. The molecule has 1 saturated heterocycles. The molecule has 0 radical (unpaired) electrons. The molecule has 1 aromatic rings. The third-order valence-electron chi connectivity index (χ3n) is 2.05. The molecule has 1 fully saturated rings. The molecule has 0 amide bonds. The Kier molecular flexibility index (Phi) is 1.66. The van der Waals surface area contributed by atoms with E-state index in [4.69, 9.17) is 9.47 Å². The Morgan fingerprint density at radius 1 is 1.33 bits per heavy atom. The van der Waals surface area contributed by atoms with E-state index in [1.807, 2.05) is 20.8 Å². The summed E-state index contributed by atoms with van der Waals surface area (Å²) in [7, 11) is 0. The van der Waals surface area contributed by atoms with Gasteiger partial charge in [-0.05, 0) is 20.8 Å². The lowest BCUT2D eigenvalue weighted by molar-refractivity contribution is -0.382. The zero-order chi connectivity index (χ0) is 8.72. The van der Waals surface area contributed by atoms with E-state index in [9.17, 15) is 0 Å². The molecule has 4 nitrogen and oxygen atoms in total. The number of nitrogens with zero attached hydrogens (tertiary/aromatic N) is 1. The van der Waals surface area contributed by atoms with Crippen LogP contribution in [0.5, 0.6) is 0 Å². The van der Waals surface area contributed by atoms with Gasteiger partial charge in [0.25, 0.3) is 0 Å². The molecule has 0 aliphatic carbocycles. The van der Waals surface area contributed by atoms with Crippen molar-refractivity contribution in [1.82, 2.24) is 10.2 Å². The highest BCUT2D eigenvalue weighted by atomic mass is 16.9. The van der Waals surface area contributed by atoms with Crippen LogP contribution in [-0.4, -0.2) is 16.5 Å². The molecule has 1 aromatic heterocycles. The van der Waals surface area contributed by atoms with Crippen molar-refractivity contribution >= 4 is 0 Å². The molecule has 0 atom stereocenters. The maximum Gasteiger partial charge on any atom is 0.193 e. The van der Waals surface area contributed by atoms with Crippen molar-refractivity contribution in [3.05, 3.63) is 17.0 Å². The first-order chi connectivity index (χ1) is 5.68. The van der Waals surface area contributed by atoms with Crippen molar-refractivity contribution in [1.29, 1.82) is 0 Å². The van der Waals surface area contributed by atoms with E-state index in [1.54, 1.807) is 0 Å². The molecular formula is C8H12N2O2. The number of nitrogens with one attached hydrogen (secondary N) is 1. The SMILES string of the molecule is Cc1n[nH]c(C)c1C1OC(C)O1. The fourth-order valence-corrected chi connectivity index (χ4v) is 1.40. The van der Waals surface area contributed by atoms with Crippen molar-refractivity contribution in [3.63, 3.8) is 0 Å². The average Bonchev–Trinajstić information content (AvgIpc) is 2.26. The summed E-state index contributed by atoms with van der Waals surface area (Å²) in [6.07, 6.45) is -0.289. The van der Waals surface area contributed by atoms with Crippen LogP contribution < -0.4 is 0 Å². The van der Waals surface area contributed by atoms with Gasteiger partial charge in [-0.1, -0.05) is 0 Å². The van der Waals surface area contributed by atoms with Gasteiger partial charge in [-0.3, -0.25) is 5.10 Å². The number of aryl methyl sites for hydroxylation is 2. The minimum Gasteiger partial charge on any atom is -0.319 e. The molecule has 1 N–H and O–H groups in total. The molecule has 66 valence electrons. The van der Waals surface area contributed by atoms with Gasteiger partial charge in [0.2, 0.25) is 0 Å². The summed E-state index contributed by atoms with van der Waals surface area (Å²) in [5, 5.41) is 6.95. The number of hydrogen-bond acceptors (Lipinski definition) is 3. The van der Waals surface area contributed by atoms with Gasteiger partial charge in [0.1, 0.15) is 0 Å². The summed E-state index contributed by atoms with van der Waals surface area (Å²) in [5.74, 6) is 0. The standard InChI is InChI=1S/C8H12N2O2/c1-4-7(5(2)10-9-4)8-11-6(3)12-8/h6,8H,1-3H3,(H,9,10). The summed E-state index contributed by atoms with van der Waals surface area (Å²) in [4.78, 5) is 0. The largest absolute Gasteiger partial charge is 0.319 e. The third kappa shape index (κ3) is 1.04. The summed E-state index contributed by atoms with van der Waals surface area (Å²) < 4.78 is 10.7. The molecule has 4 heteroatoms. The second-order valence-corrected chi connectivity index (χ2v) is 3.02. The molecule has 12 heavy (non-hydrogen) atoms. The first-order valence-electron chi connectivity index (χ1n) is 4.01. The van der Waals surface area contributed by atoms with Crippen LogP contribution in [-0.2, 0) is 9.47 Å². The van der Waals surface area contributed by atoms with Gasteiger partial charge < -0.3 is 9.47 Å². The van der Waals surface area contributed by atoms with Crippen LogP contribution in [0.1, 0.15) is 30.2 Å². The smallest absolute Gasteiger partial charge is 0.193 e. The fourth-order valence-electron chi connectivity index (χ4n) is 1.40. The molecule has 0 saturated carbocycles. The third-order valence-corrected chi connectivity index (χ3v) is 2.05.